The van der Waals surface area contributed by atoms with Gasteiger partial charge in [-0.05, 0) is 6.07 Å². The van der Waals surface area contributed by atoms with E-state index in [4.69, 9.17) is 11.6 Å². The van der Waals surface area contributed by atoms with Crippen LogP contribution in [0.25, 0.3) is 10.2 Å². The van der Waals surface area contributed by atoms with Gasteiger partial charge in [0.2, 0.25) is 5.91 Å². The summed E-state index contributed by atoms with van der Waals surface area (Å²) in [6.45, 7) is 0.433. The Bertz CT molecular complexity index is 687. The van der Waals surface area contributed by atoms with Crippen LogP contribution in [0.4, 0.5) is 10.8 Å². The summed E-state index contributed by atoms with van der Waals surface area (Å²) in [5, 5.41) is 11.1. The molecule has 1 unspecified atom stereocenters. The van der Waals surface area contributed by atoms with Gasteiger partial charge in [-0.2, -0.15) is 0 Å². The number of amides is 1. The molecule has 1 saturated heterocycles. The van der Waals surface area contributed by atoms with Crippen molar-refractivity contribution in [3.8, 4) is 0 Å². The number of non-ortho nitro benzene ring substituents is 1. The number of rotatable bonds is 2. The number of nitro groups is 1. The minimum Gasteiger partial charge on any atom is -0.287 e. The van der Waals surface area contributed by atoms with Crippen molar-refractivity contribution in [1.82, 2.24) is 4.98 Å². The molecule has 0 spiro atoms. The maximum Gasteiger partial charge on any atom is 0.270 e. The van der Waals surface area contributed by atoms with E-state index in [-0.39, 0.29) is 17.0 Å². The van der Waals surface area contributed by atoms with E-state index in [1.807, 2.05) is 0 Å². The monoisotopic (exact) mass is 297 g/mol. The number of alkyl halides is 1. The predicted octanol–water partition coefficient (Wildman–Crippen LogP) is 2.55. The average molecular weight is 298 g/mol. The van der Waals surface area contributed by atoms with E-state index in [2.05, 4.69) is 4.98 Å². The Morgan fingerprint density at radius 3 is 2.95 bits per heavy atom. The van der Waals surface area contributed by atoms with E-state index in [9.17, 15) is 14.9 Å². The molecule has 0 aliphatic carbocycles. The van der Waals surface area contributed by atoms with Gasteiger partial charge in [0.25, 0.3) is 5.69 Å². The molecule has 1 aromatic carbocycles. The maximum absolute atomic E-state index is 11.7. The van der Waals surface area contributed by atoms with E-state index < -0.39 is 4.92 Å². The van der Waals surface area contributed by atoms with Crippen LogP contribution in [-0.2, 0) is 4.79 Å². The molecular formula is C11H8ClN3O3S. The lowest BCUT2D eigenvalue weighted by Gasteiger charge is -2.10. The Labute approximate surface area is 116 Å². The first-order valence-electron chi connectivity index (χ1n) is 5.54. The van der Waals surface area contributed by atoms with Crippen molar-refractivity contribution in [1.29, 1.82) is 0 Å². The number of carbonyl (C=O) groups is 1. The summed E-state index contributed by atoms with van der Waals surface area (Å²) in [7, 11) is 0. The summed E-state index contributed by atoms with van der Waals surface area (Å²) in [5.74, 6) is -0.0615. The fraction of sp³-hybridized carbons (Fsp3) is 0.273. The van der Waals surface area contributed by atoms with E-state index in [1.54, 1.807) is 6.07 Å². The van der Waals surface area contributed by atoms with Gasteiger partial charge in [0, 0.05) is 25.1 Å². The molecule has 8 heteroatoms. The van der Waals surface area contributed by atoms with Gasteiger partial charge < -0.3 is 0 Å². The van der Waals surface area contributed by atoms with Crippen molar-refractivity contribution in [3.05, 3.63) is 28.3 Å². The molecule has 2 heterocycles. The third kappa shape index (κ3) is 2.15. The minimum absolute atomic E-state index is 0.0191. The van der Waals surface area contributed by atoms with Crippen molar-refractivity contribution in [2.75, 3.05) is 11.4 Å². The quantitative estimate of drug-likeness (QED) is 0.485. The number of halogens is 1. The number of benzene rings is 1. The molecule has 1 aliphatic rings. The van der Waals surface area contributed by atoms with Crippen molar-refractivity contribution < 1.29 is 9.72 Å². The van der Waals surface area contributed by atoms with Gasteiger partial charge in [0.1, 0.15) is 0 Å². The molecule has 0 saturated carbocycles. The number of hydrogen-bond acceptors (Lipinski definition) is 5. The van der Waals surface area contributed by atoms with Crippen LogP contribution < -0.4 is 4.90 Å². The molecule has 1 aromatic heterocycles. The highest BCUT2D eigenvalue weighted by molar-refractivity contribution is 7.22. The van der Waals surface area contributed by atoms with Gasteiger partial charge in [-0.1, -0.05) is 11.3 Å². The molecule has 1 amide bonds. The second-order valence-electron chi connectivity index (χ2n) is 4.21. The van der Waals surface area contributed by atoms with Gasteiger partial charge in [0.05, 0.1) is 20.5 Å². The lowest BCUT2D eigenvalue weighted by Crippen LogP contribution is -2.24. The van der Waals surface area contributed by atoms with Gasteiger partial charge in [-0.25, -0.2) is 4.98 Å². The summed E-state index contributed by atoms with van der Waals surface area (Å²) >= 11 is 7.21. The molecule has 2 aromatic rings. The van der Waals surface area contributed by atoms with Crippen LogP contribution in [-0.4, -0.2) is 27.7 Å². The zero-order chi connectivity index (χ0) is 13.6. The highest BCUT2D eigenvalue weighted by Crippen LogP contribution is 2.33. The number of nitrogens with zero attached hydrogens (tertiary/aromatic N) is 3. The van der Waals surface area contributed by atoms with Crippen molar-refractivity contribution >= 4 is 49.9 Å². The van der Waals surface area contributed by atoms with E-state index >= 15 is 0 Å². The van der Waals surface area contributed by atoms with Crippen LogP contribution in [0.2, 0.25) is 0 Å². The first-order valence-corrected chi connectivity index (χ1v) is 6.79. The Hall–Kier alpha value is -1.73. The van der Waals surface area contributed by atoms with E-state index in [0.29, 0.717) is 28.3 Å². The Morgan fingerprint density at radius 1 is 1.53 bits per heavy atom. The highest BCUT2D eigenvalue weighted by atomic mass is 35.5. The predicted molar refractivity (Wildman–Crippen MR) is 72.9 cm³/mol. The van der Waals surface area contributed by atoms with Crippen LogP contribution in [0.3, 0.4) is 0 Å². The van der Waals surface area contributed by atoms with E-state index in [1.165, 1.54) is 28.4 Å². The van der Waals surface area contributed by atoms with Crippen molar-refractivity contribution in [2.24, 2.45) is 0 Å². The van der Waals surface area contributed by atoms with Crippen LogP contribution in [0.15, 0.2) is 18.2 Å². The molecular weight excluding hydrogens is 290 g/mol. The van der Waals surface area contributed by atoms with Crippen molar-refractivity contribution in [3.63, 3.8) is 0 Å². The number of nitro benzene ring substituents is 1. The number of anilines is 1. The number of aromatic nitrogens is 1. The molecule has 0 N–H and O–H groups in total. The minimum atomic E-state index is -0.450. The SMILES string of the molecule is O=C1CC(Cl)CN1c1nc2ccc([N+](=O)[O-])cc2s1. The largest absolute Gasteiger partial charge is 0.287 e. The zero-order valence-corrected chi connectivity index (χ0v) is 11.1. The number of thiazole rings is 1. The molecule has 3 rings (SSSR count). The summed E-state index contributed by atoms with van der Waals surface area (Å²) in [6, 6.07) is 4.46. The fourth-order valence-electron chi connectivity index (χ4n) is 1.98. The van der Waals surface area contributed by atoms with Gasteiger partial charge in [0.15, 0.2) is 5.13 Å². The normalized spacial score (nSPS) is 19.3. The Kier molecular flexibility index (Phi) is 2.87. The molecule has 6 nitrogen and oxygen atoms in total. The molecule has 0 radical (unpaired) electrons. The number of hydrogen-bond donors (Lipinski definition) is 0. The van der Waals surface area contributed by atoms with E-state index in [0.717, 1.165) is 0 Å². The second kappa shape index (κ2) is 4.43. The summed E-state index contributed by atoms with van der Waals surface area (Å²) in [5.41, 5.74) is 0.669. The van der Waals surface area contributed by atoms with Crippen molar-refractivity contribution in [2.45, 2.75) is 11.8 Å². The Balaban J connectivity index is 2.02. The third-order valence-electron chi connectivity index (χ3n) is 2.88. The number of carbonyl (C=O) groups excluding carboxylic acids is 1. The standard InChI is InChI=1S/C11H8ClN3O3S/c12-6-3-10(16)14(5-6)11-13-8-2-1-7(15(17)18)4-9(8)19-11/h1-2,4,6H,3,5H2. The molecule has 1 aliphatic heterocycles. The lowest BCUT2D eigenvalue weighted by molar-refractivity contribution is -0.384. The zero-order valence-electron chi connectivity index (χ0n) is 9.58. The summed E-state index contributed by atoms with van der Waals surface area (Å²) in [4.78, 5) is 27.9. The lowest BCUT2D eigenvalue weighted by atomic mass is 10.3. The molecule has 1 fully saturated rings. The fourth-order valence-corrected chi connectivity index (χ4v) is 3.27. The first-order chi connectivity index (χ1) is 9.04. The maximum atomic E-state index is 11.7. The van der Waals surface area contributed by atoms with Gasteiger partial charge in [-0.15, -0.1) is 11.6 Å². The smallest absolute Gasteiger partial charge is 0.270 e. The van der Waals surface area contributed by atoms with Crippen LogP contribution >= 0.6 is 22.9 Å². The van der Waals surface area contributed by atoms with Gasteiger partial charge >= 0.3 is 0 Å². The average Bonchev–Trinajstić information content (AvgIpc) is 2.90. The second-order valence-corrected chi connectivity index (χ2v) is 5.84. The van der Waals surface area contributed by atoms with Crippen LogP contribution in [0.5, 0.6) is 0 Å². The molecule has 0 bridgehead atoms. The van der Waals surface area contributed by atoms with Gasteiger partial charge in [-0.3, -0.25) is 19.8 Å². The molecule has 98 valence electrons. The highest BCUT2D eigenvalue weighted by Gasteiger charge is 2.31. The Morgan fingerprint density at radius 2 is 2.32 bits per heavy atom. The number of fused-ring (bicyclic) bond motifs is 1. The first kappa shape index (κ1) is 12.3. The third-order valence-corrected chi connectivity index (χ3v) is 4.21. The molecule has 19 heavy (non-hydrogen) atoms. The molecule has 1 atom stereocenters. The summed E-state index contributed by atoms with van der Waals surface area (Å²) in [6.07, 6.45) is 0.303. The van der Waals surface area contributed by atoms with Crippen LogP contribution in [0.1, 0.15) is 6.42 Å². The van der Waals surface area contributed by atoms with Crippen LogP contribution in [0, 0.1) is 10.1 Å². The topological polar surface area (TPSA) is 76.3 Å². The summed E-state index contributed by atoms with van der Waals surface area (Å²) < 4.78 is 0.690.